The number of nitrogens with one attached hydrogen (secondary N) is 1. The van der Waals surface area contributed by atoms with Crippen LogP contribution in [0, 0.1) is 11.6 Å². The van der Waals surface area contributed by atoms with Crippen molar-refractivity contribution in [3.8, 4) is 0 Å². The zero-order chi connectivity index (χ0) is 17.7. The van der Waals surface area contributed by atoms with Crippen molar-refractivity contribution in [1.82, 2.24) is 4.72 Å². The van der Waals surface area contributed by atoms with E-state index in [1.165, 1.54) is 37.4 Å². The predicted octanol–water partition coefficient (Wildman–Crippen LogP) is 2.37. The predicted molar refractivity (Wildman–Crippen MR) is 83.6 cm³/mol. The fourth-order valence-corrected chi connectivity index (χ4v) is 3.12. The molecule has 2 aromatic rings. The summed E-state index contributed by atoms with van der Waals surface area (Å²) in [5.74, 6) is -2.38. The van der Waals surface area contributed by atoms with Gasteiger partial charge in [0.1, 0.15) is 11.6 Å². The zero-order valence-corrected chi connectivity index (χ0v) is 13.6. The summed E-state index contributed by atoms with van der Waals surface area (Å²) in [6.07, 6.45) is 0. The Morgan fingerprint density at radius 2 is 1.92 bits per heavy atom. The van der Waals surface area contributed by atoms with Crippen molar-refractivity contribution < 1.29 is 26.7 Å². The Hall–Kier alpha value is -2.32. The highest BCUT2D eigenvalue weighted by Crippen LogP contribution is 2.13. The lowest BCUT2D eigenvalue weighted by atomic mass is 10.1. The van der Waals surface area contributed by atoms with Gasteiger partial charge in [-0.1, -0.05) is 18.2 Å². The summed E-state index contributed by atoms with van der Waals surface area (Å²) in [7, 11) is -2.60. The normalized spacial score (nSPS) is 11.3. The highest BCUT2D eigenvalue weighted by atomic mass is 32.2. The molecule has 2 aromatic carbocycles. The van der Waals surface area contributed by atoms with Crippen molar-refractivity contribution in [1.29, 1.82) is 0 Å². The average Bonchev–Trinajstić information content (AvgIpc) is 2.52. The summed E-state index contributed by atoms with van der Waals surface area (Å²) in [5, 5.41) is 0. The van der Waals surface area contributed by atoms with Gasteiger partial charge in [0.2, 0.25) is 10.0 Å². The van der Waals surface area contributed by atoms with Crippen molar-refractivity contribution in [2.45, 2.75) is 12.3 Å². The molecule has 0 fully saturated rings. The maximum atomic E-state index is 13.9. The summed E-state index contributed by atoms with van der Waals surface area (Å²) in [5.41, 5.74) is 0.385. The molecule has 8 heteroatoms. The third-order valence-electron chi connectivity index (χ3n) is 3.20. The minimum atomic E-state index is -3.77. The van der Waals surface area contributed by atoms with Crippen LogP contribution in [0.25, 0.3) is 0 Å². The quantitative estimate of drug-likeness (QED) is 0.808. The largest absolute Gasteiger partial charge is 0.465 e. The summed E-state index contributed by atoms with van der Waals surface area (Å²) in [6.45, 7) is -0.287. The summed E-state index contributed by atoms with van der Waals surface area (Å²) in [6, 6.07) is 8.83. The van der Waals surface area contributed by atoms with E-state index < -0.39 is 33.4 Å². The SMILES string of the molecule is COC(=O)c1ccc(CNS(=O)(=O)Cc2cccc(F)c2)c(F)c1. The Bertz CT molecular complexity index is 853. The lowest BCUT2D eigenvalue weighted by Crippen LogP contribution is -2.25. The monoisotopic (exact) mass is 355 g/mol. The minimum absolute atomic E-state index is 0.0290. The number of carbonyl (C=O) groups excluding carboxylic acids is 1. The van der Waals surface area contributed by atoms with Gasteiger partial charge in [0.15, 0.2) is 0 Å². The Morgan fingerprint density at radius 3 is 2.54 bits per heavy atom. The van der Waals surface area contributed by atoms with Gasteiger partial charge in [0.25, 0.3) is 0 Å². The van der Waals surface area contributed by atoms with E-state index in [0.717, 1.165) is 12.1 Å². The molecule has 0 aliphatic heterocycles. The molecule has 0 amide bonds. The topological polar surface area (TPSA) is 72.5 Å². The Balaban J connectivity index is 2.05. The molecule has 0 heterocycles. The number of rotatable bonds is 6. The number of sulfonamides is 1. The van der Waals surface area contributed by atoms with Gasteiger partial charge >= 0.3 is 5.97 Å². The van der Waals surface area contributed by atoms with Crippen molar-refractivity contribution in [2.75, 3.05) is 7.11 Å². The molecular formula is C16H15F2NO4S. The third-order valence-corrected chi connectivity index (χ3v) is 4.50. The molecule has 0 unspecified atom stereocenters. The smallest absolute Gasteiger partial charge is 0.337 e. The molecule has 1 N–H and O–H groups in total. The first-order chi connectivity index (χ1) is 11.3. The van der Waals surface area contributed by atoms with Gasteiger partial charge < -0.3 is 4.74 Å². The van der Waals surface area contributed by atoms with E-state index >= 15 is 0 Å². The lowest BCUT2D eigenvalue weighted by Gasteiger charge is -2.09. The van der Waals surface area contributed by atoms with Crippen LogP contribution in [-0.4, -0.2) is 21.5 Å². The first kappa shape index (κ1) is 18.0. The molecule has 0 saturated heterocycles. The van der Waals surface area contributed by atoms with Crippen LogP contribution in [0.2, 0.25) is 0 Å². The van der Waals surface area contributed by atoms with Gasteiger partial charge in [-0.25, -0.2) is 26.7 Å². The molecule has 0 saturated carbocycles. The van der Waals surface area contributed by atoms with Crippen LogP contribution in [0.1, 0.15) is 21.5 Å². The number of ether oxygens (including phenoxy) is 1. The zero-order valence-electron chi connectivity index (χ0n) is 12.8. The van der Waals surface area contributed by atoms with E-state index in [2.05, 4.69) is 9.46 Å². The Morgan fingerprint density at radius 1 is 1.17 bits per heavy atom. The highest BCUT2D eigenvalue weighted by molar-refractivity contribution is 7.88. The van der Waals surface area contributed by atoms with Crippen molar-refractivity contribution >= 4 is 16.0 Å². The molecule has 0 radical (unpaired) electrons. The van der Waals surface area contributed by atoms with Crippen molar-refractivity contribution in [3.63, 3.8) is 0 Å². The van der Waals surface area contributed by atoms with Crippen LogP contribution < -0.4 is 4.72 Å². The van der Waals surface area contributed by atoms with Crippen LogP contribution in [0.5, 0.6) is 0 Å². The molecule has 0 spiro atoms. The molecule has 128 valence electrons. The second-order valence-corrected chi connectivity index (χ2v) is 6.81. The van der Waals surface area contributed by atoms with Gasteiger partial charge in [-0.15, -0.1) is 0 Å². The van der Waals surface area contributed by atoms with E-state index in [1.807, 2.05) is 0 Å². The molecule has 2 rings (SSSR count). The molecule has 0 bridgehead atoms. The average molecular weight is 355 g/mol. The fourth-order valence-electron chi connectivity index (χ4n) is 2.02. The van der Waals surface area contributed by atoms with Crippen molar-refractivity contribution in [3.05, 3.63) is 70.8 Å². The van der Waals surface area contributed by atoms with Crippen LogP contribution in [-0.2, 0) is 27.1 Å². The number of halogens is 2. The number of benzene rings is 2. The van der Waals surface area contributed by atoms with E-state index in [4.69, 9.17) is 0 Å². The Kier molecular flexibility index (Phi) is 5.63. The van der Waals surface area contributed by atoms with Gasteiger partial charge in [-0.2, -0.15) is 0 Å². The molecule has 0 aliphatic rings. The Labute approximate surface area is 138 Å². The van der Waals surface area contributed by atoms with E-state index in [1.54, 1.807) is 0 Å². The maximum Gasteiger partial charge on any atom is 0.337 e. The van der Waals surface area contributed by atoms with Crippen LogP contribution in [0.4, 0.5) is 8.78 Å². The number of methoxy groups -OCH3 is 1. The molecule has 24 heavy (non-hydrogen) atoms. The minimum Gasteiger partial charge on any atom is -0.465 e. The summed E-state index contributed by atoms with van der Waals surface area (Å²) in [4.78, 5) is 11.3. The molecule has 0 aromatic heterocycles. The van der Waals surface area contributed by atoms with Gasteiger partial charge in [0.05, 0.1) is 18.4 Å². The highest BCUT2D eigenvalue weighted by Gasteiger charge is 2.14. The summed E-state index contributed by atoms with van der Waals surface area (Å²) >= 11 is 0. The number of esters is 1. The fraction of sp³-hybridized carbons (Fsp3) is 0.188. The van der Waals surface area contributed by atoms with Gasteiger partial charge in [-0.05, 0) is 29.8 Å². The van der Waals surface area contributed by atoms with Crippen LogP contribution >= 0.6 is 0 Å². The first-order valence-electron chi connectivity index (χ1n) is 6.89. The van der Waals surface area contributed by atoms with E-state index in [9.17, 15) is 22.0 Å². The van der Waals surface area contributed by atoms with Crippen LogP contribution in [0.3, 0.4) is 0 Å². The number of hydrogen-bond acceptors (Lipinski definition) is 4. The first-order valence-corrected chi connectivity index (χ1v) is 8.54. The maximum absolute atomic E-state index is 13.9. The second-order valence-electron chi connectivity index (χ2n) is 5.01. The van der Waals surface area contributed by atoms with Crippen LogP contribution in [0.15, 0.2) is 42.5 Å². The van der Waals surface area contributed by atoms with E-state index in [-0.39, 0.29) is 23.2 Å². The molecular weight excluding hydrogens is 340 g/mol. The third kappa shape index (κ3) is 4.84. The number of carbonyl (C=O) groups is 1. The molecule has 0 aliphatic carbocycles. The standard InChI is InChI=1S/C16H15F2NO4S/c1-23-16(20)12-5-6-13(15(18)8-12)9-19-24(21,22)10-11-3-2-4-14(17)7-11/h2-8,19H,9-10H2,1H3. The van der Waals surface area contributed by atoms with Crippen molar-refractivity contribution in [2.24, 2.45) is 0 Å². The number of hydrogen-bond donors (Lipinski definition) is 1. The molecule has 5 nitrogen and oxygen atoms in total. The summed E-state index contributed by atoms with van der Waals surface area (Å²) < 4.78 is 57.7. The van der Waals surface area contributed by atoms with Gasteiger partial charge in [-0.3, -0.25) is 0 Å². The van der Waals surface area contributed by atoms with Gasteiger partial charge in [0, 0.05) is 12.1 Å². The second kappa shape index (κ2) is 7.50. The molecule has 0 atom stereocenters. The van der Waals surface area contributed by atoms with E-state index in [0.29, 0.717) is 0 Å². The lowest BCUT2D eigenvalue weighted by molar-refractivity contribution is 0.0600.